The molecular formula is C11H13F3N2OS. The number of aromatic nitrogens is 1. The molecule has 1 fully saturated rings. The lowest BCUT2D eigenvalue weighted by molar-refractivity contribution is -0.183. The molecule has 0 aromatic carbocycles. The minimum atomic E-state index is -4.16. The zero-order valence-electron chi connectivity index (χ0n) is 9.54. The third kappa shape index (κ3) is 3.22. The summed E-state index contributed by atoms with van der Waals surface area (Å²) in [6.07, 6.45) is -2.94. The predicted molar refractivity (Wildman–Crippen MR) is 61.4 cm³/mol. The Morgan fingerprint density at radius 2 is 2.22 bits per heavy atom. The predicted octanol–water partition coefficient (Wildman–Crippen LogP) is 2.99. The fourth-order valence-corrected chi connectivity index (χ4v) is 2.73. The maximum atomic E-state index is 12.6. The van der Waals surface area contributed by atoms with E-state index in [2.05, 4.69) is 10.3 Å². The van der Waals surface area contributed by atoms with Crippen LogP contribution in [-0.2, 0) is 0 Å². The highest BCUT2D eigenvalue weighted by Gasteiger charge is 2.42. The van der Waals surface area contributed by atoms with Crippen molar-refractivity contribution in [3.05, 3.63) is 16.6 Å². The van der Waals surface area contributed by atoms with Crippen molar-refractivity contribution in [1.29, 1.82) is 0 Å². The van der Waals surface area contributed by atoms with E-state index in [1.165, 1.54) is 16.8 Å². The highest BCUT2D eigenvalue weighted by atomic mass is 32.1. The van der Waals surface area contributed by atoms with Crippen LogP contribution in [0.3, 0.4) is 0 Å². The van der Waals surface area contributed by atoms with Gasteiger partial charge in [0.15, 0.2) is 0 Å². The molecule has 2 unspecified atom stereocenters. The standard InChI is InChI=1S/C11H13F3N2OS/c12-11(13,14)7-2-1-3-8(4-7)16-10(17)9-5-18-6-15-9/h5-8H,1-4H2,(H,16,17). The number of halogens is 3. The maximum Gasteiger partial charge on any atom is 0.391 e. The largest absolute Gasteiger partial charge is 0.391 e. The Hall–Kier alpha value is -1.11. The average molecular weight is 278 g/mol. The van der Waals surface area contributed by atoms with E-state index in [9.17, 15) is 18.0 Å². The summed E-state index contributed by atoms with van der Waals surface area (Å²) in [5, 5.41) is 4.21. The summed E-state index contributed by atoms with van der Waals surface area (Å²) in [5.41, 5.74) is 1.79. The highest BCUT2D eigenvalue weighted by molar-refractivity contribution is 7.07. The van der Waals surface area contributed by atoms with Crippen LogP contribution < -0.4 is 5.32 Å². The van der Waals surface area contributed by atoms with Gasteiger partial charge in [-0.2, -0.15) is 13.2 Å². The van der Waals surface area contributed by atoms with E-state index in [-0.39, 0.29) is 24.4 Å². The Balaban J connectivity index is 1.92. The summed E-state index contributed by atoms with van der Waals surface area (Å²) in [4.78, 5) is 15.5. The quantitative estimate of drug-likeness (QED) is 0.903. The zero-order chi connectivity index (χ0) is 13.2. The first-order chi connectivity index (χ1) is 8.47. The molecular weight excluding hydrogens is 265 g/mol. The molecule has 1 aliphatic rings. The molecule has 1 amide bonds. The van der Waals surface area contributed by atoms with Crippen molar-refractivity contribution in [2.24, 2.45) is 5.92 Å². The van der Waals surface area contributed by atoms with Crippen molar-refractivity contribution in [3.8, 4) is 0 Å². The molecule has 2 rings (SSSR count). The number of rotatable bonds is 2. The van der Waals surface area contributed by atoms with Crippen LogP contribution >= 0.6 is 11.3 Å². The van der Waals surface area contributed by atoms with Crippen LogP contribution in [0.5, 0.6) is 0 Å². The van der Waals surface area contributed by atoms with Gasteiger partial charge in [-0.15, -0.1) is 11.3 Å². The maximum absolute atomic E-state index is 12.6. The van der Waals surface area contributed by atoms with Crippen molar-refractivity contribution in [2.45, 2.75) is 37.9 Å². The number of amides is 1. The average Bonchev–Trinajstić information content (AvgIpc) is 2.81. The van der Waals surface area contributed by atoms with Gasteiger partial charge in [-0.3, -0.25) is 4.79 Å². The lowest BCUT2D eigenvalue weighted by Crippen LogP contribution is -2.41. The molecule has 0 saturated heterocycles. The van der Waals surface area contributed by atoms with E-state index in [0.29, 0.717) is 12.8 Å². The van der Waals surface area contributed by atoms with Gasteiger partial charge in [0.25, 0.3) is 5.91 Å². The van der Waals surface area contributed by atoms with E-state index in [0.717, 1.165) is 0 Å². The second-order valence-corrected chi connectivity index (χ2v) is 5.17. The molecule has 1 aliphatic carbocycles. The van der Waals surface area contributed by atoms with Gasteiger partial charge in [0, 0.05) is 11.4 Å². The molecule has 2 atom stereocenters. The summed E-state index contributed by atoms with van der Waals surface area (Å²) in [5.74, 6) is -1.68. The van der Waals surface area contributed by atoms with Gasteiger partial charge in [-0.25, -0.2) is 4.98 Å². The van der Waals surface area contributed by atoms with Gasteiger partial charge in [-0.1, -0.05) is 6.42 Å². The van der Waals surface area contributed by atoms with Crippen LogP contribution in [0.15, 0.2) is 10.9 Å². The fourth-order valence-electron chi connectivity index (χ4n) is 2.20. The topological polar surface area (TPSA) is 42.0 Å². The van der Waals surface area contributed by atoms with Crippen LogP contribution in [0, 0.1) is 5.92 Å². The first-order valence-electron chi connectivity index (χ1n) is 5.72. The molecule has 1 N–H and O–H groups in total. The summed E-state index contributed by atoms with van der Waals surface area (Å²) in [6.45, 7) is 0. The first-order valence-corrected chi connectivity index (χ1v) is 6.67. The molecule has 0 radical (unpaired) electrons. The number of thiazole rings is 1. The summed E-state index contributed by atoms with van der Waals surface area (Å²) in [7, 11) is 0. The van der Waals surface area contributed by atoms with Crippen LogP contribution in [-0.4, -0.2) is 23.1 Å². The Kier molecular flexibility index (Phi) is 3.89. The molecule has 18 heavy (non-hydrogen) atoms. The molecule has 0 spiro atoms. The van der Waals surface area contributed by atoms with Crippen LogP contribution in [0.1, 0.15) is 36.2 Å². The fraction of sp³-hybridized carbons (Fsp3) is 0.636. The summed E-state index contributed by atoms with van der Waals surface area (Å²) >= 11 is 1.28. The third-order valence-corrected chi connectivity index (χ3v) is 3.72. The van der Waals surface area contributed by atoms with E-state index in [4.69, 9.17) is 0 Å². The van der Waals surface area contributed by atoms with Gasteiger partial charge >= 0.3 is 6.18 Å². The smallest absolute Gasteiger partial charge is 0.348 e. The van der Waals surface area contributed by atoms with Crippen molar-refractivity contribution in [2.75, 3.05) is 0 Å². The van der Waals surface area contributed by atoms with Crippen molar-refractivity contribution < 1.29 is 18.0 Å². The minimum absolute atomic E-state index is 0.0284. The molecule has 0 aliphatic heterocycles. The van der Waals surface area contributed by atoms with Crippen LogP contribution in [0.4, 0.5) is 13.2 Å². The highest BCUT2D eigenvalue weighted by Crippen LogP contribution is 2.37. The van der Waals surface area contributed by atoms with Crippen molar-refractivity contribution in [1.82, 2.24) is 10.3 Å². The zero-order valence-corrected chi connectivity index (χ0v) is 10.4. The number of alkyl halides is 3. The molecule has 100 valence electrons. The first kappa shape index (κ1) is 13.3. The Morgan fingerprint density at radius 1 is 1.44 bits per heavy atom. The monoisotopic (exact) mass is 278 g/mol. The normalized spacial score (nSPS) is 24.8. The van der Waals surface area contributed by atoms with Gasteiger partial charge in [0.2, 0.25) is 0 Å². The van der Waals surface area contributed by atoms with Crippen LogP contribution in [0.25, 0.3) is 0 Å². The van der Waals surface area contributed by atoms with E-state index in [1.807, 2.05) is 0 Å². The molecule has 7 heteroatoms. The van der Waals surface area contributed by atoms with Crippen molar-refractivity contribution in [3.63, 3.8) is 0 Å². The Bertz CT molecular complexity index is 405. The number of hydrogen-bond donors (Lipinski definition) is 1. The van der Waals surface area contributed by atoms with Gasteiger partial charge < -0.3 is 5.32 Å². The van der Waals surface area contributed by atoms with Crippen molar-refractivity contribution >= 4 is 17.2 Å². The lowest BCUT2D eigenvalue weighted by Gasteiger charge is -2.30. The van der Waals surface area contributed by atoms with Gasteiger partial charge in [0.05, 0.1) is 11.4 Å². The molecule has 0 bridgehead atoms. The van der Waals surface area contributed by atoms with Gasteiger partial charge in [-0.05, 0) is 19.3 Å². The second-order valence-electron chi connectivity index (χ2n) is 4.45. The SMILES string of the molecule is O=C(NC1CCCC(C(F)(F)F)C1)c1cscn1. The number of carbonyl (C=O) groups excluding carboxylic acids is 1. The third-order valence-electron chi connectivity index (χ3n) is 3.14. The van der Waals surface area contributed by atoms with E-state index in [1.54, 1.807) is 5.38 Å². The van der Waals surface area contributed by atoms with E-state index < -0.39 is 18.1 Å². The molecule has 1 heterocycles. The Labute approximate surface area is 106 Å². The molecule has 1 aromatic heterocycles. The summed E-state index contributed by atoms with van der Waals surface area (Å²) < 4.78 is 37.8. The van der Waals surface area contributed by atoms with E-state index >= 15 is 0 Å². The summed E-state index contributed by atoms with van der Waals surface area (Å²) in [6, 6.07) is -0.403. The lowest BCUT2D eigenvalue weighted by atomic mass is 9.85. The molecule has 1 aromatic rings. The van der Waals surface area contributed by atoms with Crippen LogP contribution in [0.2, 0.25) is 0 Å². The minimum Gasteiger partial charge on any atom is -0.348 e. The number of nitrogens with zero attached hydrogens (tertiary/aromatic N) is 1. The Morgan fingerprint density at radius 3 is 2.83 bits per heavy atom. The second kappa shape index (κ2) is 5.26. The number of carbonyl (C=O) groups is 1. The number of nitrogens with one attached hydrogen (secondary N) is 1. The molecule has 1 saturated carbocycles. The molecule has 3 nitrogen and oxygen atoms in total. The number of hydrogen-bond acceptors (Lipinski definition) is 3. The van der Waals surface area contributed by atoms with Gasteiger partial charge in [0.1, 0.15) is 5.69 Å².